The number of amides is 1. The summed E-state index contributed by atoms with van der Waals surface area (Å²) in [5.41, 5.74) is 3.73. The second kappa shape index (κ2) is 13.6. The van der Waals surface area contributed by atoms with Crippen LogP contribution in [-0.4, -0.2) is 45.4 Å². The molecule has 2 fully saturated rings. The summed E-state index contributed by atoms with van der Waals surface area (Å²) in [5.74, 6) is -0.664. The van der Waals surface area contributed by atoms with Gasteiger partial charge in [0, 0.05) is 25.1 Å². The van der Waals surface area contributed by atoms with Crippen molar-refractivity contribution in [3.63, 3.8) is 0 Å². The third-order valence-corrected chi connectivity index (χ3v) is 7.50. The molecule has 2 aliphatic heterocycles. The van der Waals surface area contributed by atoms with Crippen molar-refractivity contribution >= 4 is 40.7 Å². The summed E-state index contributed by atoms with van der Waals surface area (Å²) in [4.78, 5) is 14.4. The Morgan fingerprint density at radius 3 is 2.11 bits per heavy atom. The molecule has 4 rings (SSSR count). The first-order chi connectivity index (χ1) is 17.8. The summed E-state index contributed by atoms with van der Waals surface area (Å²) in [6, 6.07) is 15.7. The second-order valence-corrected chi connectivity index (χ2v) is 12.1. The van der Waals surface area contributed by atoms with Crippen LogP contribution in [0, 0.1) is 0 Å². The molecular weight excluding hydrogens is 535 g/mol. The number of rotatable bonds is 7. The summed E-state index contributed by atoms with van der Waals surface area (Å²) in [5, 5.41) is 12.0. The standard InChI is InChI=1S/C28H35Cl3N2O4/c29-28(30,31)27(35)32-17-20-6-12-23(13-7-20)26-36-24(18-33-14-4-2-1-3-5-15-33)16-25(37-26)22-10-8-21(19-34)9-11-22/h6-13,24-26,34H,1-5,14-19H2,(H,32,35)/t24-,25+,26+/m1/s1. The zero-order valence-electron chi connectivity index (χ0n) is 20.9. The lowest BCUT2D eigenvalue weighted by Gasteiger charge is -2.38. The largest absolute Gasteiger partial charge is 0.392 e. The lowest BCUT2D eigenvalue weighted by molar-refractivity contribution is -0.253. The van der Waals surface area contributed by atoms with Gasteiger partial charge in [-0.05, 0) is 42.6 Å². The molecule has 2 aliphatic rings. The number of carbonyl (C=O) groups is 1. The fourth-order valence-corrected chi connectivity index (χ4v) is 5.09. The lowest BCUT2D eigenvalue weighted by Crippen LogP contribution is -2.40. The number of halogens is 3. The maximum atomic E-state index is 11.8. The predicted octanol–water partition coefficient (Wildman–Crippen LogP) is 5.98. The van der Waals surface area contributed by atoms with Crippen molar-refractivity contribution in [2.45, 2.75) is 74.0 Å². The number of aliphatic hydroxyl groups excluding tert-OH is 1. The molecule has 2 heterocycles. The van der Waals surface area contributed by atoms with Crippen LogP contribution in [0.1, 0.15) is 73.2 Å². The van der Waals surface area contributed by atoms with Crippen molar-refractivity contribution < 1.29 is 19.4 Å². The fraction of sp³-hybridized carbons (Fsp3) is 0.536. The molecule has 0 radical (unpaired) electrons. The topological polar surface area (TPSA) is 71.0 Å². The van der Waals surface area contributed by atoms with Gasteiger partial charge in [0.2, 0.25) is 0 Å². The van der Waals surface area contributed by atoms with E-state index in [0.29, 0.717) is 0 Å². The smallest absolute Gasteiger partial charge is 0.272 e. The van der Waals surface area contributed by atoms with E-state index in [1.807, 2.05) is 48.5 Å². The molecule has 0 bridgehead atoms. The first-order valence-electron chi connectivity index (χ1n) is 13.0. The first-order valence-corrected chi connectivity index (χ1v) is 14.1. The normalized spacial score (nSPS) is 23.7. The molecule has 37 heavy (non-hydrogen) atoms. The van der Waals surface area contributed by atoms with Crippen molar-refractivity contribution in [3.8, 4) is 0 Å². The van der Waals surface area contributed by atoms with E-state index in [0.717, 1.165) is 48.3 Å². The van der Waals surface area contributed by atoms with Crippen molar-refractivity contribution in [2.75, 3.05) is 19.6 Å². The predicted molar refractivity (Wildman–Crippen MR) is 147 cm³/mol. The molecule has 1 amide bonds. The molecule has 0 aliphatic carbocycles. The molecule has 9 heteroatoms. The van der Waals surface area contributed by atoms with Gasteiger partial charge in [0.05, 0.1) is 18.8 Å². The number of hydrogen-bond acceptors (Lipinski definition) is 5. The Morgan fingerprint density at radius 2 is 1.49 bits per heavy atom. The third-order valence-electron chi connectivity index (χ3n) is 6.99. The number of alkyl halides is 3. The Bertz CT molecular complexity index is 990. The van der Waals surface area contributed by atoms with Gasteiger partial charge < -0.3 is 24.8 Å². The fourth-order valence-electron chi connectivity index (χ4n) is 4.89. The van der Waals surface area contributed by atoms with Crippen LogP contribution in [0.3, 0.4) is 0 Å². The van der Waals surface area contributed by atoms with Gasteiger partial charge in [-0.25, -0.2) is 0 Å². The van der Waals surface area contributed by atoms with Crippen LogP contribution in [0.2, 0.25) is 0 Å². The highest BCUT2D eigenvalue weighted by Crippen LogP contribution is 2.38. The van der Waals surface area contributed by atoms with Gasteiger partial charge in [-0.2, -0.15) is 0 Å². The summed E-state index contributed by atoms with van der Waals surface area (Å²) in [7, 11) is 0. The number of likely N-dealkylation sites (tertiary alicyclic amines) is 1. The average molecular weight is 570 g/mol. The molecule has 0 saturated carbocycles. The number of benzene rings is 2. The molecule has 2 aromatic rings. The van der Waals surface area contributed by atoms with Crippen LogP contribution in [0.25, 0.3) is 0 Å². The van der Waals surface area contributed by atoms with Crippen molar-refractivity contribution in [1.29, 1.82) is 0 Å². The van der Waals surface area contributed by atoms with E-state index in [-0.39, 0.29) is 25.4 Å². The van der Waals surface area contributed by atoms with Gasteiger partial charge in [0.15, 0.2) is 6.29 Å². The van der Waals surface area contributed by atoms with Gasteiger partial charge in [-0.3, -0.25) is 4.79 Å². The van der Waals surface area contributed by atoms with Crippen LogP contribution in [-0.2, 0) is 27.4 Å². The monoisotopic (exact) mass is 568 g/mol. The molecule has 2 saturated heterocycles. The second-order valence-electron chi connectivity index (χ2n) is 9.84. The molecule has 3 atom stereocenters. The summed E-state index contributed by atoms with van der Waals surface area (Å²) >= 11 is 16.9. The molecule has 0 unspecified atom stereocenters. The van der Waals surface area contributed by atoms with Gasteiger partial charge in [-0.15, -0.1) is 0 Å². The van der Waals surface area contributed by atoms with Crippen molar-refractivity contribution in [3.05, 3.63) is 70.8 Å². The van der Waals surface area contributed by atoms with Gasteiger partial charge in [0.1, 0.15) is 0 Å². The highest BCUT2D eigenvalue weighted by Gasteiger charge is 2.33. The highest BCUT2D eigenvalue weighted by atomic mass is 35.6. The Morgan fingerprint density at radius 1 is 0.892 bits per heavy atom. The summed E-state index contributed by atoms with van der Waals surface area (Å²) in [6.45, 7) is 3.36. The minimum atomic E-state index is -1.99. The van der Waals surface area contributed by atoms with E-state index in [1.165, 1.54) is 32.1 Å². The van der Waals surface area contributed by atoms with Gasteiger partial charge in [0.25, 0.3) is 9.70 Å². The number of nitrogens with one attached hydrogen (secondary N) is 1. The lowest BCUT2D eigenvalue weighted by atomic mass is 9.99. The molecule has 2 N–H and O–H groups in total. The quantitative estimate of drug-likeness (QED) is 0.402. The van der Waals surface area contributed by atoms with E-state index in [9.17, 15) is 9.90 Å². The van der Waals surface area contributed by atoms with Crippen LogP contribution >= 0.6 is 34.8 Å². The SMILES string of the molecule is O=C(NCc1ccc([C@H]2O[C@@H](CN3CCCCCCC3)C[C@@H](c3ccc(CO)cc3)O2)cc1)C(Cl)(Cl)Cl. The van der Waals surface area contributed by atoms with Gasteiger partial charge in [-0.1, -0.05) is 103 Å². The number of hydrogen-bond donors (Lipinski definition) is 2. The third kappa shape index (κ3) is 8.56. The Hall–Kier alpha value is -1.38. The maximum absolute atomic E-state index is 11.8. The van der Waals surface area contributed by atoms with Crippen LogP contribution in [0.15, 0.2) is 48.5 Å². The van der Waals surface area contributed by atoms with Crippen LogP contribution in [0.5, 0.6) is 0 Å². The van der Waals surface area contributed by atoms with E-state index in [2.05, 4.69) is 10.2 Å². The maximum Gasteiger partial charge on any atom is 0.272 e. The van der Waals surface area contributed by atoms with E-state index >= 15 is 0 Å². The van der Waals surface area contributed by atoms with E-state index < -0.39 is 16.0 Å². The van der Waals surface area contributed by atoms with Crippen LogP contribution < -0.4 is 5.32 Å². The molecule has 0 aromatic heterocycles. The number of nitrogens with zero attached hydrogens (tertiary/aromatic N) is 1. The zero-order chi connectivity index (χ0) is 26.3. The minimum absolute atomic E-state index is 0.0175. The first kappa shape index (κ1) is 28.6. The molecule has 6 nitrogen and oxygen atoms in total. The summed E-state index contributed by atoms with van der Waals surface area (Å²) < 4.78 is 11.0. The number of carbonyl (C=O) groups excluding carboxylic acids is 1. The summed E-state index contributed by atoms with van der Waals surface area (Å²) in [6.07, 6.45) is 6.56. The average Bonchev–Trinajstić information content (AvgIpc) is 2.88. The van der Waals surface area contributed by atoms with Gasteiger partial charge >= 0.3 is 0 Å². The highest BCUT2D eigenvalue weighted by molar-refractivity contribution is 6.76. The molecule has 2 aromatic carbocycles. The number of aliphatic hydroxyl groups is 1. The Balaban J connectivity index is 1.46. The van der Waals surface area contributed by atoms with Crippen molar-refractivity contribution in [1.82, 2.24) is 10.2 Å². The minimum Gasteiger partial charge on any atom is -0.392 e. The van der Waals surface area contributed by atoms with Crippen molar-refractivity contribution in [2.24, 2.45) is 0 Å². The van der Waals surface area contributed by atoms with Crippen LogP contribution in [0.4, 0.5) is 0 Å². The molecule has 202 valence electrons. The Kier molecular flexibility index (Phi) is 10.5. The molecular formula is C28H35Cl3N2O4. The molecule has 0 spiro atoms. The Labute approximate surface area is 234 Å². The zero-order valence-corrected chi connectivity index (χ0v) is 23.1. The number of ether oxygens (including phenoxy) is 2. The van der Waals surface area contributed by atoms with E-state index in [4.69, 9.17) is 44.3 Å². The van der Waals surface area contributed by atoms with E-state index in [1.54, 1.807) is 0 Å².